The number of nitrogens with one attached hydrogen (secondary N) is 3. The average molecular weight is 252 g/mol. The summed E-state index contributed by atoms with van der Waals surface area (Å²) in [6.07, 6.45) is 2.42. The van der Waals surface area contributed by atoms with Crippen LogP contribution in [-0.4, -0.2) is 36.7 Å². The zero-order valence-corrected chi connectivity index (χ0v) is 10.7. The van der Waals surface area contributed by atoms with E-state index in [4.69, 9.17) is 4.74 Å². The van der Waals surface area contributed by atoms with Crippen molar-refractivity contribution in [2.24, 2.45) is 5.92 Å². The molecule has 6 heteroatoms. The first kappa shape index (κ1) is 13.0. The van der Waals surface area contributed by atoms with Gasteiger partial charge in [0.15, 0.2) is 0 Å². The first-order valence-electron chi connectivity index (χ1n) is 6.31. The molecule has 3 N–H and O–H groups in total. The fourth-order valence-electron chi connectivity index (χ4n) is 2.15. The van der Waals surface area contributed by atoms with Gasteiger partial charge in [-0.1, -0.05) is 0 Å². The van der Waals surface area contributed by atoms with Crippen molar-refractivity contribution in [2.45, 2.75) is 19.4 Å². The summed E-state index contributed by atoms with van der Waals surface area (Å²) in [5.74, 6) is 1.12. The minimum Gasteiger partial charge on any atom is -0.378 e. The van der Waals surface area contributed by atoms with E-state index in [1.54, 1.807) is 7.11 Å². The van der Waals surface area contributed by atoms with E-state index in [2.05, 4.69) is 20.6 Å². The van der Waals surface area contributed by atoms with E-state index in [0.717, 1.165) is 19.6 Å². The topological polar surface area (TPSA) is 79.0 Å². The molecule has 0 radical (unpaired) electrons. The Morgan fingerprint density at radius 1 is 1.61 bits per heavy atom. The molecule has 1 aromatic heterocycles. The fraction of sp³-hybridized carbons (Fsp3) is 0.667. The van der Waals surface area contributed by atoms with E-state index in [9.17, 15) is 4.79 Å². The Morgan fingerprint density at radius 3 is 3.22 bits per heavy atom. The average Bonchev–Trinajstić information content (AvgIpc) is 2.37. The molecule has 1 aliphatic heterocycles. The monoisotopic (exact) mass is 252 g/mol. The quantitative estimate of drug-likeness (QED) is 0.703. The number of hydrogen-bond acceptors (Lipinski definition) is 5. The summed E-state index contributed by atoms with van der Waals surface area (Å²) in [6, 6.07) is 1.46. The van der Waals surface area contributed by atoms with Gasteiger partial charge >= 0.3 is 0 Å². The van der Waals surface area contributed by atoms with Crippen molar-refractivity contribution in [1.82, 2.24) is 15.3 Å². The minimum atomic E-state index is -0.152. The zero-order valence-electron chi connectivity index (χ0n) is 10.7. The molecule has 100 valence electrons. The molecule has 1 atom stereocenters. The maximum absolute atomic E-state index is 11.4. The SMILES string of the molecule is COCc1cc(=O)[nH]c(NC[C@@H]2CCCNC2)n1. The lowest BCUT2D eigenvalue weighted by Gasteiger charge is -2.22. The van der Waals surface area contributed by atoms with E-state index >= 15 is 0 Å². The molecule has 0 aromatic carbocycles. The van der Waals surface area contributed by atoms with E-state index in [1.807, 2.05) is 0 Å². The second kappa shape index (κ2) is 6.51. The first-order valence-corrected chi connectivity index (χ1v) is 6.31. The Kier molecular flexibility index (Phi) is 4.72. The van der Waals surface area contributed by atoms with Gasteiger partial charge in [0.25, 0.3) is 5.56 Å². The first-order chi connectivity index (χ1) is 8.78. The lowest BCUT2D eigenvalue weighted by atomic mass is 10.00. The highest BCUT2D eigenvalue weighted by molar-refractivity contribution is 5.25. The molecule has 0 spiro atoms. The number of piperidine rings is 1. The second-order valence-corrected chi connectivity index (χ2v) is 4.61. The largest absolute Gasteiger partial charge is 0.378 e. The summed E-state index contributed by atoms with van der Waals surface area (Å²) in [5, 5.41) is 6.55. The fourth-order valence-corrected chi connectivity index (χ4v) is 2.15. The van der Waals surface area contributed by atoms with Crippen LogP contribution in [0.4, 0.5) is 5.95 Å². The van der Waals surface area contributed by atoms with Crippen LogP contribution in [0.5, 0.6) is 0 Å². The molecule has 1 fully saturated rings. The highest BCUT2D eigenvalue weighted by Gasteiger charge is 2.12. The summed E-state index contributed by atoms with van der Waals surface area (Å²) >= 11 is 0. The number of methoxy groups -OCH3 is 1. The molecule has 1 aliphatic rings. The third kappa shape index (κ3) is 3.82. The number of aromatic amines is 1. The van der Waals surface area contributed by atoms with Crippen LogP contribution >= 0.6 is 0 Å². The second-order valence-electron chi connectivity index (χ2n) is 4.61. The Hall–Kier alpha value is -1.40. The Labute approximate surface area is 106 Å². The van der Waals surface area contributed by atoms with Crippen molar-refractivity contribution in [3.8, 4) is 0 Å². The van der Waals surface area contributed by atoms with Crippen LogP contribution in [0.2, 0.25) is 0 Å². The van der Waals surface area contributed by atoms with E-state index in [0.29, 0.717) is 24.2 Å². The van der Waals surface area contributed by atoms with Gasteiger partial charge in [-0.25, -0.2) is 4.98 Å². The lowest BCUT2D eigenvalue weighted by Crippen LogP contribution is -2.34. The van der Waals surface area contributed by atoms with Crippen molar-refractivity contribution in [3.63, 3.8) is 0 Å². The van der Waals surface area contributed by atoms with Crippen LogP contribution in [0.25, 0.3) is 0 Å². The summed E-state index contributed by atoms with van der Waals surface area (Å²) < 4.78 is 4.98. The molecule has 1 aromatic rings. The number of rotatable bonds is 5. The molecule has 6 nitrogen and oxygen atoms in total. The van der Waals surface area contributed by atoms with Crippen molar-refractivity contribution in [1.29, 1.82) is 0 Å². The smallest absolute Gasteiger partial charge is 0.252 e. The molecule has 0 amide bonds. The molecular formula is C12H20N4O2. The van der Waals surface area contributed by atoms with Gasteiger partial charge in [0.05, 0.1) is 12.3 Å². The molecular weight excluding hydrogens is 232 g/mol. The van der Waals surface area contributed by atoms with Crippen LogP contribution in [0.3, 0.4) is 0 Å². The number of ether oxygens (including phenoxy) is 1. The summed E-state index contributed by atoms with van der Waals surface area (Å²) in [6.45, 7) is 3.31. The summed E-state index contributed by atoms with van der Waals surface area (Å²) in [4.78, 5) is 18.4. The van der Waals surface area contributed by atoms with Gasteiger partial charge in [-0.2, -0.15) is 0 Å². The Bertz CT molecular complexity index is 426. The predicted octanol–water partition coefficient (Wildman–Crippen LogP) is 0.328. The van der Waals surface area contributed by atoms with E-state index in [-0.39, 0.29) is 5.56 Å². The van der Waals surface area contributed by atoms with E-state index in [1.165, 1.54) is 18.9 Å². The molecule has 2 heterocycles. The summed E-state index contributed by atoms with van der Waals surface area (Å²) in [7, 11) is 1.59. The van der Waals surface area contributed by atoms with Crippen molar-refractivity contribution < 1.29 is 4.74 Å². The highest BCUT2D eigenvalue weighted by Crippen LogP contribution is 2.10. The van der Waals surface area contributed by atoms with Gasteiger partial charge in [-0.3, -0.25) is 9.78 Å². The van der Waals surface area contributed by atoms with Crippen LogP contribution in [-0.2, 0) is 11.3 Å². The van der Waals surface area contributed by atoms with Crippen molar-refractivity contribution in [2.75, 3.05) is 32.1 Å². The third-order valence-corrected chi connectivity index (χ3v) is 3.04. The van der Waals surface area contributed by atoms with Crippen LogP contribution in [0.15, 0.2) is 10.9 Å². The molecule has 18 heavy (non-hydrogen) atoms. The van der Waals surface area contributed by atoms with Crippen molar-refractivity contribution >= 4 is 5.95 Å². The molecule has 0 unspecified atom stereocenters. The normalized spacial score (nSPS) is 19.7. The summed E-state index contributed by atoms with van der Waals surface area (Å²) in [5.41, 5.74) is 0.492. The van der Waals surface area contributed by atoms with Crippen LogP contribution < -0.4 is 16.2 Å². The highest BCUT2D eigenvalue weighted by atomic mass is 16.5. The maximum Gasteiger partial charge on any atom is 0.252 e. The van der Waals surface area contributed by atoms with Gasteiger partial charge in [0, 0.05) is 19.7 Å². The van der Waals surface area contributed by atoms with E-state index < -0.39 is 0 Å². The predicted molar refractivity (Wildman–Crippen MR) is 69.7 cm³/mol. The minimum absolute atomic E-state index is 0.152. The number of anilines is 1. The van der Waals surface area contributed by atoms with Gasteiger partial charge in [-0.05, 0) is 31.8 Å². The van der Waals surface area contributed by atoms with Gasteiger partial charge < -0.3 is 15.4 Å². The van der Waals surface area contributed by atoms with Crippen LogP contribution in [0.1, 0.15) is 18.5 Å². The third-order valence-electron chi connectivity index (χ3n) is 3.04. The van der Waals surface area contributed by atoms with Crippen molar-refractivity contribution in [3.05, 3.63) is 22.1 Å². The zero-order chi connectivity index (χ0) is 12.8. The molecule has 0 saturated carbocycles. The Morgan fingerprint density at radius 2 is 2.50 bits per heavy atom. The molecule has 2 rings (SSSR count). The van der Waals surface area contributed by atoms with Gasteiger partial charge in [-0.15, -0.1) is 0 Å². The van der Waals surface area contributed by atoms with Crippen LogP contribution in [0, 0.1) is 5.92 Å². The molecule has 0 aliphatic carbocycles. The van der Waals surface area contributed by atoms with Gasteiger partial charge in [0.1, 0.15) is 0 Å². The standard InChI is InChI=1S/C12H20N4O2/c1-18-8-10-5-11(17)16-12(15-10)14-7-9-3-2-4-13-6-9/h5,9,13H,2-4,6-8H2,1H3,(H2,14,15,16,17)/t9-/m1/s1. The maximum atomic E-state index is 11.4. The number of hydrogen-bond donors (Lipinski definition) is 3. The number of aromatic nitrogens is 2. The van der Waals surface area contributed by atoms with Gasteiger partial charge in [0.2, 0.25) is 5.95 Å². The molecule has 0 bridgehead atoms. The molecule has 1 saturated heterocycles. The lowest BCUT2D eigenvalue weighted by molar-refractivity contribution is 0.181. The number of H-pyrrole nitrogens is 1. The Balaban J connectivity index is 1.93. The number of nitrogens with zero attached hydrogens (tertiary/aromatic N) is 1.